The van der Waals surface area contributed by atoms with E-state index in [1.54, 1.807) is 0 Å². The van der Waals surface area contributed by atoms with Gasteiger partial charge in [-0.25, -0.2) is 0 Å². The van der Waals surface area contributed by atoms with Gasteiger partial charge in [0.05, 0.1) is 0 Å². The van der Waals surface area contributed by atoms with E-state index >= 15 is 0 Å². The molecule has 0 bridgehead atoms. The third-order valence-corrected chi connectivity index (χ3v) is 5.72. The number of likely N-dealkylation sites (tertiary alicyclic amines) is 1. The summed E-state index contributed by atoms with van der Waals surface area (Å²) >= 11 is 0. The van der Waals surface area contributed by atoms with E-state index in [9.17, 15) is 0 Å². The minimum Gasteiger partial charge on any atom is -0.303 e. The molecule has 134 valence electrons. The lowest BCUT2D eigenvalue weighted by atomic mass is 9.76. The highest BCUT2D eigenvalue weighted by Gasteiger charge is 2.26. The predicted octanol–water partition coefficient (Wildman–Crippen LogP) is 6.11. The third-order valence-electron chi connectivity index (χ3n) is 5.72. The summed E-state index contributed by atoms with van der Waals surface area (Å²) in [6, 6.07) is 22.3. The molecule has 0 spiro atoms. The fraction of sp³-hybridized carbons (Fsp3) is 0.500. The molecule has 0 N–H and O–H groups in total. The van der Waals surface area contributed by atoms with Crippen molar-refractivity contribution in [1.82, 2.24) is 4.90 Å². The number of rotatable bonds is 6. The molecule has 0 amide bonds. The summed E-state index contributed by atoms with van der Waals surface area (Å²) in [6.07, 6.45) is 8.02. The van der Waals surface area contributed by atoms with E-state index in [-0.39, 0.29) is 0 Å². The Balaban J connectivity index is 1.74. The summed E-state index contributed by atoms with van der Waals surface area (Å²) in [5.41, 5.74) is 2.98. The van der Waals surface area contributed by atoms with Crippen LogP contribution in [0.2, 0.25) is 0 Å². The molecule has 1 heterocycles. The Bertz CT molecular complexity index is 543. The largest absolute Gasteiger partial charge is 0.303 e. The lowest BCUT2D eigenvalue weighted by molar-refractivity contribution is 0.215. The first-order valence-electron chi connectivity index (χ1n) is 10.2. The Labute approximate surface area is 154 Å². The van der Waals surface area contributed by atoms with E-state index in [0.717, 1.165) is 5.92 Å². The standard InChI is InChI=1S/C24H33N/c1-2-3-18-25-19-10-16-23(17-11-20-25)24(21-12-6-4-7-13-21)22-14-8-5-9-15-22/h4-9,12-15,23-24H,2-3,10-11,16-20H2,1H3. The van der Waals surface area contributed by atoms with Crippen LogP contribution in [0.15, 0.2) is 60.7 Å². The maximum Gasteiger partial charge on any atom is 0.0118 e. The fourth-order valence-corrected chi connectivity index (χ4v) is 4.41. The molecule has 0 atom stereocenters. The lowest BCUT2D eigenvalue weighted by Crippen LogP contribution is -2.30. The van der Waals surface area contributed by atoms with Crippen LogP contribution in [0.25, 0.3) is 0 Å². The average Bonchev–Trinajstić information content (AvgIpc) is 2.64. The van der Waals surface area contributed by atoms with Crippen molar-refractivity contribution in [1.29, 1.82) is 0 Å². The van der Waals surface area contributed by atoms with Crippen LogP contribution in [0.5, 0.6) is 0 Å². The number of hydrogen-bond donors (Lipinski definition) is 0. The summed E-state index contributed by atoms with van der Waals surface area (Å²) in [7, 11) is 0. The quantitative estimate of drug-likeness (QED) is 0.615. The van der Waals surface area contributed by atoms with E-state index in [2.05, 4.69) is 72.5 Å². The van der Waals surface area contributed by atoms with E-state index in [1.807, 2.05) is 0 Å². The summed E-state index contributed by atoms with van der Waals surface area (Å²) in [5.74, 6) is 1.31. The van der Waals surface area contributed by atoms with Gasteiger partial charge in [-0.05, 0) is 68.8 Å². The Morgan fingerprint density at radius 2 is 1.36 bits per heavy atom. The van der Waals surface area contributed by atoms with Crippen molar-refractivity contribution in [3.63, 3.8) is 0 Å². The number of nitrogens with zero attached hydrogens (tertiary/aromatic N) is 1. The molecule has 1 aliphatic rings. The predicted molar refractivity (Wildman–Crippen MR) is 108 cm³/mol. The molecule has 0 radical (unpaired) electrons. The maximum atomic E-state index is 2.69. The molecule has 1 saturated heterocycles. The van der Waals surface area contributed by atoms with Gasteiger partial charge in [0.25, 0.3) is 0 Å². The Morgan fingerprint density at radius 1 is 0.840 bits per heavy atom. The van der Waals surface area contributed by atoms with E-state index in [0.29, 0.717) is 5.92 Å². The van der Waals surface area contributed by atoms with Crippen LogP contribution in [0.4, 0.5) is 0 Å². The van der Waals surface area contributed by atoms with Gasteiger partial charge in [0, 0.05) is 5.92 Å². The van der Waals surface area contributed by atoms with Crippen LogP contribution in [0.1, 0.15) is 62.5 Å². The van der Waals surface area contributed by atoms with Crippen LogP contribution in [-0.4, -0.2) is 24.5 Å². The molecule has 2 aromatic rings. The van der Waals surface area contributed by atoms with Crippen molar-refractivity contribution in [2.75, 3.05) is 19.6 Å². The second-order valence-electron chi connectivity index (χ2n) is 7.54. The molecule has 0 saturated carbocycles. The highest BCUT2D eigenvalue weighted by atomic mass is 15.1. The molecular weight excluding hydrogens is 302 g/mol. The Kier molecular flexibility index (Phi) is 7.11. The first-order chi connectivity index (χ1) is 12.4. The highest BCUT2D eigenvalue weighted by Crippen LogP contribution is 2.38. The van der Waals surface area contributed by atoms with Crippen molar-refractivity contribution >= 4 is 0 Å². The zero-order chi connectivity index (χ0) is 17.3. The van der Waals surface area contributed by atoms with Gasteiger partial charge >= 0.3 is 0 Å². The monoisotopic (exact) mass is 335 g/mol. The van der Waals surface area contributed by atoms with Crippen LogP contribution >= 0.6 is 0 Å². The van der Waals surface area contributed by atoms with Crippen LogP contribution in [0, 0.1) is 5.92 Å². The minimum absolute atomic E-state index is 0.546. The summed E-state index contributed by atoms with van der Waals surface area (Å²) in [5, 5.41) is 0. The number of hydrogen-bond acceptors (Lipinski definition) is 1. The molecule has 2 aromatic carbocycles. The van der Waals surface area contributed by atoms with Gasteiger partial charge in [-0.3, -0.25) is 0 Å². The molecule has 1 aliphatic heterocycles. The zero-order valence-electron chi connectivity index (χ0n) is 15.7. The van der Waals surface area contributed by atoms with Crippen molar-refractivity contribution in [3.8, 4) is 0 Å². The molecule has 25 heavy (non-hydrogen) atoms. The molecule has 1 heteroatoms. The first-order valence-corrected chi connectivity index (χ1v) is 10.2. The van der Waals surface area contributed by atoms with Gasteiger partial charge in [0.15, 0.2) is 0 Å². The fourth-order valence-electron chi connectivity index (χ4n) is 4.41. The van der Waals surface area contributed by atoms with Crippen LogP contribution in [-0.2, 0) is 0 Å². The van der Waals surface area contributed by atoms with Crippen LogP contribution in [0.3, 0.4) is 0 Å². The normalized spacial score (nSPS) is 17.4. The van der Waals surface area contributed by atoms with Gasteiger partial charge in [-0.1, -0.05) is 74.0 Å². The summed E-state index contributed by atoms with van der Waals surface area (Å²) < 4.78 is 0. The van der Waals surface area contributed by atoms with Crippen molar-refractivity contribution < 1.29 is 0 Å². The zero-order valence-corrected chi connectivity index (χ0v) is 15.7. The summed E-state index contributed by atoms with van der Waals surface area (Å²) in [6.45, 7) is 6.16. The topological polar surface area (TPSA) is 3.24 Å². The van der Waals surface area contributed by atoms with E-state index < -0.39 is 0 Å². The SMILES string of the molecule is CCCCN1CCCC(C(c2ccccc2)c2ccccc2)CCC1. The molecule has 0 aliphatic carbocycles. The van der Waals surface area contributed by atoms with E-state index in [1.165, 1.54) is 69.3 Å². The van der Waals surface area contributed by atoms with Gasteiger partial charge < -0.3 is 4.90 Å². The van der Waals surface area contributed by atoms with E-state index in [4.69, 9.17) is 0 Å². The third kappa shape index (κ3) is 5.19. The van der Waals surface area contributed by atoms with Crippen LogP contribution < -0.4 is 0 Å². The van der Waals surface area contributed by atoms with Gasteiger partial charge in [-0.15, -0.1) is 0 Å². The van der Waals surface area contributed by atoms with Crippen molar-refractivity contribution in [2.45, 2.75) is 51.4 Å². The molecule has 1 nitrogen and oxygen atoms in total. The van der Waals surface area contributed by atoms with Crippen molar-refractivity contribution in [2.24, 2.45) is 5.92 Å². The second-order valence-corrected chi connectivity index (χ2v) is 7.54. The highest BCUT2D eigenvalue weighted by molar-refractivity contribution is 5.33. The second kappa shape index (κ2) is 9.77. The Morgan fingerprint density at radius 3 is 1.84 bits per heavy atom. The number of unbranched alkanes of at least 4 members (excludes halogenated alkanes) is 1. The maximum absolute atomic E-state index is 2.69. The summed E-state index contributed by atoms with van der Waals surface area (Å²) in [4.78, 5) is 2.69. The molecule has 0 aromatic heterocycles. The molecule has 1 fully saturated rings. The van der Waals surface area contributed by atoms with Crippen molar-refractivity contribution in [3.05, 3.63) is 71.8 Å². The average molecular weight is 336 g/mol. The molecular formula is C24H33N. The number of benzene rings is 2. The van der Waals surface area contributed by atoms with Gasteiger partial charge in [0.2, 0.25) is 0 Å². The smallest absolute Gasteiger partial charge is 0.0118 e. The minimum atomic E-state index is 0.546. The Hall–Kier alpha value is -1.60. The lowest BCUT2D eigenvalue weighted by Gasteiger charge is -2.33. The first kappa shape index (κ1) is 18.2. The molecule has 3 rings (SSSR count). The molecule has 0 unspecified atom stereocenters. The van der Waals surface area contributed by atoms with Gasteiger partial charge in [-0.2, -0.15) is 0 Å². The van der Waals surface area contributed by atoms with Gasteiger partial charge in [0.1, 0.15) is 0 Å².